The molecule has 1 N–H and O–H groups in total. The van der Waals surface area contributed by atoms with Gasteiger partial charge in [-0.1, -0.05) is 54.6 Å². The zero-order chi connectivity index (χ0) is 21.5. The van der Waals surface area contributed by atoms with Crippen molar-refractivity contribution in [1.29, 1.82) is 0 Å². The normalized spacial score (nSPS) is 16.1. The van der Waals surface area contributed by atoms with E-state index in [0.29, 0.717) is 19.1 Å². The van der Waals surface area contributed by atoms with Crippen molar-refractivity contribution in [2.75, 3.05) is 20.1 Å². The van der Waals surface area contributed by atoms with E-state index in [1.165, 1.54) is 22.3 Å². The molecule has 4 rings (SSSR count). The molecule has 0 bridgehead atoms. The van der Waals surface area contributed by atoms with E-state index in [1.54, 1.807) is 0 Å². The van der Waals surface area contributed by atoms with Crippen LogP contribution in [0, 0.1) is 0 Å². The van der Waals surface area contributed by atoms with E-state index in [1.807, 2.05) is 43.2 Å². The molecule has 1 atom stereocenters. The topological polar surface area (TPSA) is 54.7 Å². The molecule has 0 saturated carbocycles. The predicted molar refractivity (Wildman–Crippen MR) is 139 cm³/mol. The van der Waals surface area contributed by atoms with Crippen LogP contribution in [0.15, 0.2) is 72.0 Å². The number of hydrogen-bond acceptors (Lipinski definition) is 3. The summed E-state index contributed by atoms with van der Waals surface area (Å²) in [6, 6.07) is 18.8. The van der Waals surface area contributed by atoms with Crippen molar-refractivity contribution in [2.45, 2.75) is 32.1 Å². The Labute approximate surface area is 207 Å². The summed E-state index contributed by atoms with van der Waals surface area (Å²) in [6.07, 6.45) is 5.23. The third-order valence-corrected chi connectivity index (χ3v) is 5.72. The average Bonchev–Trinajstić information content (AvgIpc) is 3.45. The second-order valence-electron chi connectivity index (χ2n) is 8.08. The first-order valence-electron chi connectivity index (χ1n) is 10.8. The molecule has 2 aromatic carbocycles. The van der Waals surface area contributed by atoms with Gasteiger partial charge in [0, 0.05) is 45.8 Å². The number of aryl methyl sites for hydroxylation is 1. The van der Waals surface area contributed by atoms with Crippen LogP contribution in [-0.2, 0) is 31.5 Å². The summed E-state index contributed by atoms with van der Waals surface area (Å²) in [5.41, 5.74) is 4.91. The highest BCUT2D eigenvalue weighted by molar-refractivity contribution is 14.0. The lowest BCUT2D eigenvalue weighted by Crippen LogP contribution is -2.39. The minimum absolute atomic E-state index is 0. The van der Waals surface area contributed by atoms with Gasteiger partial charge in [-0.3, -0.25) is 9.67 Å². The van der Waals surface area contributed by atoms with Gasteiger partial charge >= 0.3 is 0 Å². The maximum atomic E-state index is 5.89. The smallest absolute Gasteiger partial charge is 0.193 e. The van der Waals surface area contributed by atoms with E-state index in [2.05, 4.69) is 62.9 Å². The highest BCUT2D eigenvalue weighted by Gasteiger charge is 2.26. The first kappa shape index (κ1) is 24.3. The number of guanidine groups is 1. The molecule has 1 saturated heterocycles. The van der Waals surface area contributed by atoms with Crippen molar-refractivity contribution in [3.8, 4) is 0 Å². The number of rotatable bonds is 7. The van der Waals surface area contributed by atoms with Gasteiger partial charge in [0.05, 0.1) is 19.4 Å². The van der Waals surface area contributed by atoms with E-state index in [9.17, 15) is 0 Å². The first-order chi connectivity index (χ1) is 15.2. The van der Waals surface area contributed by atoms with Crippen molar-refractivity contribution < 1.29 is 4.74 Å². The molecule has 6 nitrogen and oxygen atoms in total. The maximum absolute atomic E-state index is 5.89. The van der Waals surface area contributed by atoms with Crippen LogP contribution >= 0.6 is 24.0 Å². The summed E-state index contributed by atoms with van der Waals surface area (Å²) >= 11 is 0. The number of nitrogens with one attached hydrogen (secondary N) is 1. The van der Waals surface area contributed by atoms with E-state index >= 15 is 0 Å². The van der Waals surface area contributed by atoms with Gasteiger partial charge in [-0.25, -0.2) is 0 Å². The van der Waals surface area contributed by atoms with E-state index in [0.717, 1.165) is 32.0 Å². The Morgan fingerprint density at radius 1 is 1.09 bits per heavy atom. The highest BCUT2D eigenvalue weighted by Crippen LogP contribution is 2.26. The lowest BCUT2D eigenvalue weighted by atomic mass is 10.0. The molecule has 3 aromatic rings. The number of likely N-dealkylation sites (tertiary alicyclic amines) is 1. The second-order valence-corrected chi connectivity index (χ2v) is 8.08. The third-order valence-electron chi connectivity index (χ3n) is 5.72. The molecule has 0 radical (unpaired) electrons. The van der Waals surface area contributed by atoms with Gasteiger partial charge < -0.3 is 15.0 Å². The highest BCUT2D eigenvalue weighted by atomic mass is 127. The summed E-state index contributed by atoms with van der Waals surface area (Å²) in [4.78, 5) is 6.85. The summed E-state index contributed by atoms with van der Waals surface area (Å²) < 4.78 is 7.76. The van der Waals surface area contributed by atoms with Crippen LogP contribution in [0.5, 0.6) is 0 Å². The fourth-order valence-corrected chi connectivity index (χ4v) is 4.08. The van der Waals surface area contributed by atoms with Gasteiger partial charge in [-0.15, -0.1) is 24.0 Å². The molecule has 1 aromatic heterocycles. The standard InChI is InChI=1S/C25H31N5O.HI/c1-26-25(30-12-11-23(17-30)24-15-28-29(2)16-24)27-14-21-9-6-10-22(13-21)19-31-18-20-7-4-3-5-8-20;/h3-10,13,15-16,23H,11-12,14,17-19H2,1-2H3,(H,26,27);1H. The fourth-order valence-electron chi connectivity index (χ4n) is 4.08. The number of ether oxygens (including phenoxy) is 1. The Morgan fingerprint density at radius 3 is 2.59 bits per heavy atom. The Balaban J connectivity index is 0.00000289. The molecule has 0 amide bonds. The zero-order valence-corrected chi connectivity index (χ0v) is 21.1. The van der Waals surface area contributed by atoms with Crippen molar-refractivity contribution in [1.82, 2.24) is 20.0 Å². The second kappa shape index (κ2) is 12.0. The van der Waals surface area contributed by atoms with E-state index in [-0.39, 0.29) is 24.0 Å². The zero-order valence-electron chi connectivity index (χ0n) is 18.8. The molecule has 1 aliphatic rings. The molecule has 170 valence electrons. The Bertz CT molecular complexity index is 1000. The van der Waals surface area contributed by atoms with Crippen molar-refractivity contribution in [3.05, 3.63) is 89.2 Å². The summed E-state index contributed by atoms with van der Waals surface area (Å²) in [5.74, 6) is 1.47. The van der Waals surface area contributed by atoms with Crippen LogP contribution in [0.25, 0.3) is 0 Å². The van der Waals surface area contributed by atoms with Gasteiger partial charge in [0.25, 0.3) is 0 Å². The van der Waals surface area contributed by atoms with Gasteiger partial charge in [-0.05, 0) is 28.7 Å². The molecular weight excluding hydrogens is 513 g/mol. The quantitative estimate of drug-likeness (QED) is 0.273. The van der Waals surface area contributed by atoms with Gasteiger partial charge in [-0.2, -0.15) is 5.10 Å². The summed E-state index contributed by atoms with van der Waals surface area (Å²) in [6.45, 7) is 3.96. The van der Waals surface area contributed by atoms with Crippen LogP contribution in [0.4, 0.5) is 0 Å². The Kier molecular flexibility index (Phi) is 9.11. The summed E-state index contributed by atoms with van der Waals surface area (Å²) in [5, 5.41) is 7.84. The summed E-state index contributed by atoms with van der Waals surface area (Å²) in [7, 11) is 3.82. The van der Waals surface area contributed by atoms with Crippen LogP contribution in [0.3, 0.4) is 0 Å². The van der Waals surface area contributed by atoms with Crippen molar-refractivity contribution in [2.24, 2.45) is 12.0 Å². The third kappa shape index (κ3) is 6.56. The van der Waals surface area contributed by atoms with Crippen LogP contribution < -0.4 is 5.32 Å². The number of nitrogens with zero attached hydrogens (tertiary/aromatic N) is 4. The lowest BCUT2D eigenvalue weighted by molar-refractivity contribution is 0.107. The molecular formula is C25H32IN5O. The average molecular weight is 545 g/mol. The minimum Gasteiger partial charge on any atom is -0.372 e. The Hall–Kier alpha value is -2.39. The van der Waals surface area contributed by atoms with Crippen LogP contribution in [0.2, 0.25) is 0 Å². The molecule has 1 unspecified atom stereocenters. The molecule has 1 aliphatic heterocycles. The van der Waals surface area contributed by atoms with Crippen molar-refractivity contribution >= 4 is 29.9 Å². The fraction of sp³-hybridized carbons (Fsp3) is 0.360. The van der Waals surface area contributed by atoms with E-state index < -0.39 is 0 Å². The van der Waals surface area contributed by atoms with Gasteiger partial charge in [0.15, 0.2) is 5.96 Å². The number of benzene rings is 2. The van der Waals surface area contributed by atoms with Gasteiger partial charge in [0.1, 0.15) is 0 Å². The number of aromatic nitrogens is 2. The molecule has 1 fully saturated rings. The largest absolute Gasteiger partial charge is 0.372 e. The Morgan fingerprint density at radius 2 is 1.84 bits per heavy atom. The first-order valence-corrected chi connectivity index (χ1v) is 10.8. The molecule has 0 spiro atoms. The van der Waals surface area contributed by atoms with Crippen molar-refractivity contribution in [3.63, 3.8) is 0 Å². The van der Waals surface area contributed by atoms with Crippen LogP contribution in [-0.4, -0.2) is 40.8 Å². The molecule has 32 heavy (non-hydrogen) atoms. The minimum atomic E-state index is 0. The monoisotopic (exact) mass is 545 g/mol. The number of halogens is 1. The molecule has 0 aliphatic carbocycles. The number of aliphatic imine (C=N–C) groups is 1. The number of hydrogen-bond donors (Lipinski definition) is 1. The van der Waals surface area contributed by atoms with E-state index in [4.69, 9.17) is 4.74 Å². The SMILES string of the molecule is CN=C(NCc1cccc(COCc2ccccc2)c1)N1CCC(c2cnn(C)c2)C1.I. The van der Waals surface area contributed by atoms with Gasteiger partial charge in [0.2, 0.25) is 0 Å². The molecule has 2 heterocycles. The molecule has 7 heteroatoms. The lowest BCUT2D eigenvalue weighted by Gasteiger charge is -2.21. The maximum Gasteiger partial charge on any atom is 0.193 e. The predicted octanol–water partition coefficient (Wildman–Crippen LogP) is 4.32. The van der Waals surface area contributed by atoms with Crippen LogP contribution in [0.1, 0.15) is 34.6 Å².